The second-order valence-corrected chi connectivity index (χ2v) is 9.40. The maximum Gasteiger partial charge on any atom is 0.227 e. The Morgan fingerprint density at radius 1 is 1.00 bits per heavy atom. The van der Waals surface area contributed by atoms with Crippen LogP contribution in [0.5, 0.6) is 5.75 Å². The predicted octanol–water partition coefficient (Wildman–Crippen LogP) is 4.12. The van der Waals surface area contributed by atoms with Gasteiger partial charge in [-0.2, -0.15) is 0 Å². The van der Waals surface area contributed by atoms with E-state index in [9.17, 15) is 9.59 Å². The van der Waals surface area contributed by atoms with Crippen LogP contribution in [-0.2, 0) is 9.59 Å². The van der Waals surface area contributed by atoms with Gasteiger partial charge in [0.2, 0.25) is 11.8 Å². The van der Waals surface area contributed by atoms with E-state index in [1.807, 2.05) is 35.2 Å². The maximum atomic E-state index is 13.4. The molecule has 1 aromatic carbocycles. The maximum absolute atomic E-state index is 13.4. The number of benzene rings is 1. The molecule has 4 atom stereocenters. The first-order valence-corrected chi connectivity index (χ1v) is 11.9. The monoisotopic (exact) mass is 412 g/mol. The van der Waals surface area contributed by atoms with Gasteiger partial charge in [-0.3, -0.25) is 9.59 Å². The Morgan fingerprint density at radius 2 is 1.80 bits per heavy atom. The average Bonchev–Trinajstić information content (AvgIpc) is 2.80. The van der Waals surface area contributed by atoms with Crippen molar-refractivity contribution in [3.05, 3.63) is 30.3 Å². The molecule has 2 aliphatic heterocycles. The van der Waals surface area contributed by atoms with E-state index in [2.05, 4.69) is 11.8 Å². The van der Waals surface area contributed by atoms with Crippen molar-refractivity contribution < 1.29 is 14.3 Å². The van der Waals surface area contributed by atoms with E-state index in [1.54, 1.807) is 0 Å². The fourth-order valence-electron chi connectivity index (χ4n) is 5.76. The number of piperidine rings is 2. The van der Waals surface area contributed by atoms with Crippen molar-refractivity contribution in [2.24, 2.45) is 17.8 Å². The second-order valence-electron chi connectivity index (χ2n) is 9.40. The SMILES string of the molecule is CC1CCN(C(=O)C2CCCN(C(=O)CCOc3ccccc3)C2)C2CCCCC12. The van der Waals surface area contributed by atoms with Crippen LogP contribution in [0.25, 0.3) is 0 Å². The fraction of sp³-hybridized carbons (Fsp3) is 0.680. The Morgan fingerprint density at radius 3 is 2.63 bits per heavy atom. The summed E-state index contributed by atoms with van der Waals surface area (Å²) in [7, 11) is 0. The largest absolute Gasteiger partial charge is 0.493 e. The molecule has 2 saturated heterocycles. The Labute approximate surface area is 180 Å². The molecule has 1 aromatic rings. The van der Waals surface area contributed by atoms with Crippen LogP contribution >= 0.6 is 0 Å². The lowest BCUT2D eigenvalue weighted by Crippen LogP contribution is -2.56. The van der Waals surface area contributed by atoms with Crippen LogP contribution in [0.3, 0.4) is 0 Å². The molecule has 5 heteroatoms. The molecule has 0 radical (unpaired) electrons. The minimum absolute atomic E-state index is 0.0336. The van der Waals surface area contributed by atoms with Crippen molar-refractivity contribution in [3.63, 3.8) is 0 Å². The van der Waals surface area contributed by atoms with E-state index >= 15 is 0 Å². The van der Waals surface area contributed by atoms with Gasteiger partial charge in [-0.05, 0) is 56.1 Å². The first kappa shape index (κ1) is 21.2. The van der Waals surface area contributed by atoms with Crippen molar-refractivity contribution in [2.75, 3.05) is 26.2 Å². The summed E-state index contributed by atoms with van der Waals surface area (Å²) in [4.78, 5) is 30.3. The smallest absolute Gasteiger partial charge is 0.227 e. The number of carbonyl (C=O) groups excluding carboxylic acids is 2. The van der Waals surface area contributed by atoms with Crippen LogP contribution in [0.1, 0.15) is 58.3 Å². The molecule has 1 saturated carbocycles. The molecule has 2 heterocycles. The van der Waals surface area contributed by atoms with Crippen LogP contribution in [0.15, 0.2) is 30.3 Å². The molecule has 0 N–H and O–H groups in total. The zero-order valence-corrected chi connectivity index (χ0v) is 18.3. The molecule has 0 spiro atoms. The highest BCUT2D eigenvalue weighted by atomic mass is 16.5. The van der Waals surface area contributed by atoms with Crippen LogP contribution in [-0.4, -0.2) is 53.9 Å². The van der Waals surface area contributed by atoms with E-state index in [4.69, 9.17) is 4.74 Å². The lowest BCUT2D eigenvalue weighted by atomic mass is 9.72. The number of hydrogen-bond acceptors (Lipinski definition) is 3. The fourth-order valence-corrected chi connectivity index (χ4v) is 5.76. The van der Waals surface area contributed by atoms with Gasteiger partial charge < -0.3 is 14.5 Å². The molecular weight excluding hydrogens is 376 g/mol. The molecule has 5 nitrogen and oxygen atoms in total. The zero-order chi connectivity index (χ0) is 20.9. The van der Waals surface area contributed by atoms with Crippen molar-refractivity contribution in [1.82, 2.24) is 9.80 Å². The summed E-state index contributed by atoms with van der Waals surface area (Å²) in [6.45, 7) is 4.98. The zero-order valence-electron chi connectivity index (χ0n) is 18.3. The molecule has 3 fully saturated rings. The van der Waals surface area contributed by atoms with E-state index in [1.165, 1.54) is 19.3 Å². The summed E-state index contributed by atoms with van der Waals surface area (Å²) in [5.74, 6) is 2.57. The number of ether oxygens (including phenoxy) is 1. The predicted molar refractivity (Wildman–Crippen MR) is 117 cm³/mol. The minimum Gasteiger partial charge on any atom is -0.493 e. The molecule has 1 aliphatic carbocycles. The van der Waals surface area contributed by atoms with Gasteiger partial charge >= 0.3 is 0 Å². The third-order valence-corrected chi connectivity index (χ3v) is 7.47. The number of rotatable bonds is 5. The minimum atomic E-state index is -0.0336. The number of fused-ring (bicyclic) bond motifs is 1. The van der Waals surface area contributed by atoms with Crippen molar-refractivity contribution in [3.8, 4) is 5.75 Å². The van der Waals surface area contributed by atoms with E-state index in [-0.39, 0.29) is 11.8 Å². The van der Waals surface area contributed by atoms with Crippen LogP contribution in [0, 0.1) is 17.8 Å². The number of para-hydroxylation sites is 1. The third-order valence-electron chi connectivity index (χ3n) is 7.47. The lowest BCUT2D eigenvalue weighted by molar-refractivity contribution is -0.147. The van der Waals surface area contributed by atoms with Gasteiger partial charge in [0.1, 0.15) is 5.75 Å². The third kappa shape index (κ3) is 4.81. The van der Waals surface area contributed by atoms with Crippen LogP contribution in [0.2, 0.25) is 0 Å². The highest BCUT2D eigenvalue weighted by Gasteiger charge is 2.41. The standard InChI is InChI=1S/C25H36N2O3/c1-19-13-16-27(23-12-6-5-11-22(19)23)25(29)20-8-7-15-26(18-20)24(28)14-17-30-21-9-3-2-4-10-21/h2-4,9-10,19-20,22-23H,5-8,11-18H2,1H3. The highest BCUT2D eigenvalue weighted by Crippen LogP contribution is 2.39. The molecular formula is C25H36N2O3. The first-order chi connectivity index (χ1) is 14.6. The van der Waals surface area contributed by atoms with Crippen LogP contribution in [0.4, 0.5) is 0 Å². The highest BCUT2D eigenvalue weighted by molar-refractivity contribution is 5.82. The molecule has 0 aromatic heterocycles. The molecule has 3 aliphatic rings. The van der Waals surface area contributed by atoms with Gasteiger partial charge in [0.25, 0.3) is 0 Å². The van der Waals surface area contributed by atoms with Crippen molar-refractivity contribution in [1.29, 1.82) is 0 Å². The van der Waals surface area contributed by atoms with Crippen molar-refractivity contribution >= 4 is 11.8 Å². The molecule has 0 bridgehead atoms. The second kappa shape index (κ2) is 9.84. The summed E-state index contributed by atoms with van der Waals surface area (Å²) in [6.07, 6.45) is 8.30. The van der Waals surface area contributed by atoms with E-state index in [0.29, 0.717) is 37.4 Å². The molecule has 4 unspecified atom stereocenters. The van der Waals surface area contributed by atoms with Gasteiger partial charge in [-0.1, -0.05) is 38.0 Å². The van der Waals surface area contributed by atoms with Gasteiger partial charge in [0, 0.05) is 25.7 Å². The topological polar surface area (TPSA) is 49.9 Å². The van der Waals surface area contributed by atoms with E-state index in [0.717, 1.165) is 50.4 Å². The van der Waals surface area contributed by atoms with Gasteiger partial charge in [-0.15, -0.1) is 0 Å². The normalized spacial score (nSPS) is 29.2. The number of nitrogens with zero attached hydrogens (tertiary/aromatic N) is 2. The lowest BCUT2D eigenvalue weighted by Gasteiger charge is -2.48. The Bertz CT molecular complexity index is 722. The Balaban J connectivity index is 1.30. The van der Waals surface area contributed by atoms with E-state index < -0.39 is 0 Å². The summed E-state index contributed by atoms with van der Waals surface area (Å²) in [6, 6.07) is 10.0. The van der Waals surface area contributed by atoms with Gasteiger partial charge in [0.05, 0.1) is 18.9 Å². The number of carbonyl (C=O) groups is 2. The molecule has 2 amide bonds. The molecule has 4 rings (SSSR count). The quantitative estimate of drug-likeness (QED) is 0.731. The van der Waals surface area contributed by atoms with Gasteiger partial charge in [-0.25, -0.2) is 0 Å². The number of amides is 2. The van der Waals surface area contributed by atoms with Crippen LogP contribution < -0.4 is 4.74 Å². The summed E-state index contributed by atoms with van der Waals surface area (Å²) in [5, 5.41) is 0. The molecule has 164 valence electrons. The van der Waals surface area contributed by atoms with Gasteiger partial charge in [0.15, 0.2) is 0 Å². The van der Waals surface area contributed by atoms with Crippen molar-refractivity contribution in [2.45, 2.75) is 64.3 Å². The number of hydrogen-bond donors (Lipinski definition) is 0. The average molecular weight is 413 g/mol. The molecule has 30 heavy (non-hydrogen) atoms. The number of likely N-dealkylation sites (tertiary alicyclic amines) is 2. The Hall–Kier alpha value is -2.04. The summed E-state index contributed by atoms with van der Waals surface area (Å²) >= 11 is 0. The summed E-state index contributed by atoms with van der Waals surface area (Å²) in [5.41, 5.74) is 0. The first-order valence-electron chi connectivity index (χ1n) is 11.9. The summed E-state index contributed by atoms with van der Waals surface area (Å²) < 4.78 is 5.68. The Kier molecular flexibility index (Phi) is 6.96.